The van der Waals surface area contributed by atoms with E-state index in [2.05, 4.69) is 0 Å². The van der Waals surface area contributed by atoms with Gasteiger partial charge in [0.1, 0.15) is 6.04 Å². The monoisotopic (exact) mass is 249 g/mol. The third-order valence-corrected chi connectivity index (χ3v) is 1.72. The average molecular weight is 251 g/mol. The summed E-state index contributed by atoms with van der Waals surface area (Å²) in [7, 11) is 1.32. The fraction of sp³-hybridized carbons (Fsp3) is 0.833. The minimum atomic E-state index is -1.56. The Hall–Kier alpha value is 0.260. The predicted octanol–water partition coefficient (Wildman–Crippen LogP) is 1.69. The molecule has 0 unspecified atom stereocenters. The molecule has 1 N–H and O–H groups in total. The van der Waals surface area contributed by atoms with Gasteiger partial charge in [0.15, 0.2) is 0 Å². The fourth-order valence-electron chi connectivity index (χ4n) is 0.659. The van der Waals surface area contributed by atoms with Crippen molar-refractivity contribution in [2.75, 3.05) is 13.7 Å². The lowest BCUT2D eigenvalue weighted by Crippen LogP contribution is -2.42. The molecule has 13 heavy (non-hydrogen) atoms. The average Bonchev–Trinajstić information content (AvgIpc) is 1.97. The lowest BCUT2D eigenvalue weighted by Gasteiger charge is -2.26. The van der Waals surface area contributed by atoms with Gasteiger partial charge in [-0.1, -0.05) is 34.8 Å². The van der Waals surface area contributed by atoms with E-state index in [0.717, 1.165) is 5.06 Å². The highest BCUT2D eigenvalue weighted by atomic mass is 35.6. The number of aliphatic carboxylic acids is 1. The second kappa shape index (κ2) is 5.22. The fourth-order valence-corrected chi connectivity index (χ4v) is 1.01. The number of halogens is 3. The molecule has 0 aromatic heterocycles. The number of carboxylic acids is 1. The van der Waals surface area contributed by atoms with Crippen LogP contribution in [0.4, 0.5) is 0 Å². The number of carboxylic acid groups (broad SMARTS) is 1. The van der Waals surface area contributed by atoms with Gasteiger partial charge in [0, 0.05) is 0 Å². The maximum atomic E-state index is 10.5. The molecule has 7 heteroatoms. The van der Waals surface area contributed by atoms with Crippen molar-refractivity contribution in [3.8, 4) is 0 Å². The SMILES string of the molecule is CON(CC(Cl)(Cl)Cl)[C@@H](C)C(=O)O. The lowest BCUT2D eigenvalue weighted by atomic mass is 10.3. The summed E-state index contributed by atoms with van der Waals surface area (Å²) in [5.74, 6) is -1.05. The molecule has 0 saturated carbocycles. The molecule has 0 aliphatic carbocycles. The van der Waals surface area contributed by atoms with E-state index in [-0.39, 0.29) is 6.54 Å². The highest BCUT2D eigenvalue weighted by molar-refractivity contribution is 6.67. The molecule has 1 atom stereocenters. The van der Waals surface area contributed by atoms with Crippen molar-refractivity contribution in [3.05, 3.63) is 0 Å². The van der Waals surface area contributed by atoms with E-state index in [0.29, 0.717) is 0 Å². The summed E-state index contributed by atoms with van der Waals surface area (Å²) in [6.07, 6.45) is 0. The summed E-state index contributed by atoms with van der Waals surface area (Å²) in [6, 6.07) is -0.861. The zero-order chi connectivity index (χ0) is 10.6. The second-order valence-corrected chi connectivity index (χ2v) is 4.90. The van der Waals surface area contributed by atoms with Crippen LogP contribution in [0.5, 0.6) is 0 Å². The molecule has 0 aromatic carbocycles. The summed E-state index contributed by atoms with van der Waals surface area (Å²) < 4.78 is -1.56. The Balaban J connectivity index is 4.26. The summed E-state index contributed by atoms with van der Waals surface area (Å²) in [6.45, 7) is 1.32. The van der Waals surface area contributed by atoms with Gasteiger partial charge in [-0.15, -0.1) is 0 Å². The molecule has 0 radical (unpaired) electrons. The van der Waals surface area contributed by atoms with Crippen molar-refractivity contribution in [2.24, 2.45) is 0 Å². The van der Waals surface area contributed by atoms with Gasteiger partial charge in [0.25, 0.3) is 0 Å². The molecule has 4 nitrogen and oxygen atoms in total. The van der Waals surface area contributed by atoms with Crippen molar-refractivity contribution in [1.82, 2.24) is 5.06 Å². The van der Waals surface area contributed by atoms with Crippen LogP contribution >= 0.6 is 34.8 Å². The van der Waals surface area contributed by atoms with E-state index in [4.69, 9.17) is 44.7 Å². The van der Waals surface area contributed by atoms with E-state index in [9.17, 15) is 4.79 Å². The standard InChI is InChI=1S/C6H10Cl3NO3/c1-4(5(11)12)10(13-2)3-6(7,8)9/h4H,3H2,1-2H3,(H,11,12)/t4-/m0/s1. The minimum Gasteiger partial charge on any atom is -0.480 e. The first-order chi connectivity index (χ1) is 5.78. The zero-order valence-electron chi connectivity index (χ0n) is 7.13. The van der Waals surface area contributed by atoms with Crippen LogP contribution in [0.1, 0.15) is 6.92 Å². The van der Waals surface area contributed by atoms with Crippen LogP contribution in [-0.2, 0) is 9.63 Å². The summed E-state index contributed by atoms with van der Waals surface area (Å²) >= 11 is 16.4. The lowest BCUT2D eigenvalue weighted by molar-refractivity contribution is -0.180. The Bertz CT molecular complexity index is 182. The molecule has 0 heterocycles. The van der Waals surface area contributed by atoms with Gasteiger partial charge in [-0.05, 0) is 6.92 Å². The number of carbonyl (C=O) groups is 1. The van der Waals surface area contributed by atoms with Gasteiger partial charge in [-0.2, -0.15) is 5.06 Å². The normalized spacial score (nSPS) is 14.6. The molecule has 0 amide bonds. The molecular formula is C6H10Cl3NO3. The predicted molar refractivity (Wildman–Crippen MR) is 51.1 cm³/mol. The Morgan fingerprint density at radius 3 is 2.31 bits per heavy atom. The van der Waals surface area contributed by atoms with Crippen LogP contribution in [0, 0.1) is 0 Å². The third-order valence-electron chi connectivity index (χ3n) is 1.36. The van der Waals surface area contributed by atoms with E-state index < -0.39 is 15.8 Å². The number of hydrogen-bond acceptors (Lipinski definition) is 3. The van der Waals surface area contributed by atoms with Gasteiger partial charge < -0.3 is 9.94 Å². The maximum Gasteiger partial charge on any atom is 0.323 e. The Kier molecular flexibility index (Phi) is 5.32. The second-order valence-electron chi connectivity index (χ2n) is 2.39. The Morgan fingerprint density at radius 1 is 1.62 bits per heavy atom. The number of hydroxylamine groups is 2. The van der Waals surface area contributed by atoms with Gasteiger partial charge in [0.05, 0.1) is 13.7 Å². The van der Waals surface area contributed by atoms with E-state index in [1.807, 2.05) is 0 Å². The number of hydrogen-bond donors (Lipinski definition) is 1. The molecule has 0 aromatic rings. The number of alkyl halides is 3. The van der Waals surface area contributed by atoms with Crippen LogP contribution in [-0.4, -0.2) is 39.6 Å². The van der Waals surface area contributed by atoms with Crippen molar-refractivity contribution >= 4 is 40.8 Å². The van der Waals surface area contributed by atoms with Crippen molar-refractivity contribution < 1.29 is 14.7 Å². The van der Waals surface area contributed by atoms with Crippen molar-refractivity contribution in [1.29, 1.82) is 0 Å². The van der Waals surface area contributed by atoms with E-state index in [1.54, 1.807) is 0 Å². The molecule has 78 valence electrons. The van der Waals surface area contributed by atoms with Crippen LogP contribution in [0.15, 0.2) is 0 Å². The maximum absolute atomic E-state index is 10.5. The first-order valence-corrected chi connectivity index (χ1v) is 4.51. The Morgan fingerprint density at radius 2 is 2.08 bits per heavy atom. The summed E-state index contributed by atoms with van der Waals surface area (Å²) in [5.41, 5.74) is 0. The molecule has 0 rings (SSSR count). The number of rotatable bonds is 4. The largest absolute Gasteiger partial charge is 0.480 e. The van der Waals surface area contributed by atoms with E-state index >= 15 is 0 Å². The third kappa shape index (κ3) is 5.54. The molecule has 0 saturated heterocycles. The topological polar surface area (TPSA) is 49.8 Å². The molecule has 0 aliphatic rings. The van der Waals surface area contributed by atoms with Gasteiger partial charge in [-0.3, -0.25) is 4.79 Å². The van der Waals surface area contributed by atoms with Crippen molar-refractivity contribution in [3.63, 3.8) is 0 Å². The first kappa shape index (κ1) is 13.3. The van der Waals surface area contributed by atoms with Crippen molar-refractivity contribution in [2.45, 2.75) is 16.8 Å². The van der Waals surface area contributed by atoms with Crippen LogP contribution < -0.4 is 0 Å². The zero-order valence-corrected chi connectivity index (χ0v) is 9.40. The van der Waals surface area contributed by atoms with E-state index in [1.165, 1.54) is 14.0 Å². The first-order valence-electron chi connectivity index (χ1n) is 3.38. The highest BCUT2D eigenvalue weighted by Gasteiger charge is 2.29. The summed E-state index contributed by atoms with van der Waals surface area (Å²) in [5, 5.41) is 9.71. The molecule has 0 bridgehead atoms. The molecule has 0 spiro atoms. The minimum absolute atomic E-state index is 0.109. The van der Waals surface area contributed by atoms with Crippen LogP contribution in [0.3, 0.4) is 0 Å². The Labute approximate surface area is 91.3 Å². The van der Waals surface area contributed by atoms with Gasteiger partial charge >= 0.3 is 5.97 Å². The van der Waals surface area contributed by atoms with Crippen LogP contribution in [0.25, 0.3) is 0 Å². The summed E-state index contributed by atoms with van der Waals surface area (Å²) in [4.78, 5) is 15.3. The van der Waals surface area contributed by atoms with Gasteiger partial charge in [0.2, 0.25) is 3.79 Å². The van der Waals surface area contributed by atoms with Crippen LogP contribution in [0.2, 0.25) is 0 Å². The highest BCUT2D eigenvalue weighted by Crippen LogP contribution is 2.27. The number of nitrogens with zero attached hydrogens (tertiary/aromatic N) is 1. The molecule has 0 aliphatic heterocycles. The van der Waals surface area contributed by atoms with Gasteiger partial charge in [-0.25, -0.2) is 0 Å². The molecular weight excluding hydrogens is 240 g/mol. The quantitative estimate of drug-likeness (QED) is 0.609. The molecule has 0 fully saturated rings. The smallest absolute Gasteiger partial charge is 0.323 e.